The highest BCUT2D eigenvalue weighted by Gasteiger charge is 2.23. The number of aliphatic hydroxyl groups is 1. The van der Waals surface area contributed by atoms with Crippen LogP contribution in [0, 0.1) is 5.92 Å². The fourth-order valence-corrected chi connectivity index (χ4v) is 2.81. The van der Waals surface area contributed by atoms with E-state index in [-0.39, 0.29) is 12.6 Å². The molecule has 1 unspecified atom stereocenters. The number of hydrogen-bond donors (Lipinski definition) is 2. The van der Waals surface area contributed by atoms with Crippen LogP contribution in [-0.2, 0) is 0 Å². The van der Waals surface area contributed by atoms with Gasteiger partial charge in [0.15, 0.2) is 0 Å². The summed E-state index contributed by atoms with van der Waals surface area (Å²) >= 11 is 0. The molecule has 0 heterocycles. The molecular weight excluding hydrogens is 212 g/mol. The normalized spacial score (nSPS) is 19.4. The van der Waals surface area contributed by atoms with E-state index in [4.69, 9.17) is 0 Å². The first-order valence-corrected chi connectivity index (χ1v) is 7.19. The van der Waals surface area contributed by atoms with Gasteiger partial charge in [0, 0.05) is 25.2 Å². The highest BCUT2D eigenvalue weighted by atomic mass is 16.3. The molecule has 0 amide bonds. The molecule has 0 aromatic heterocycles. The first-order valence-electron chi connectivity index (χ1n) is 7.19. The molecule has 0 aliphatic heterocycles. The second-order valence-electron chi connectivity index (χ2n) is 5.78. The van der Waals surface area contributed by atoms with Gasteiger partial charge in [0.05, 0.1) is 6.61 Å². The van der Waals surface area contributed by atoms with Crippen LogP contribution in [0.25, 0.3) is 0 Å². The summed E-state index contributed by atoms with van der Waals surface area (Å²) in [5.74, 6) is 0.734. The molecule has 3 nitrogen and oxygen atoms in total. The molecule has 17 heavy (non-hydrogen) atoms. The van der Waals surface area contributed by atoms with Gasteiger partial charge in [-0.1, -0.05) is 26.7 Å². The standard InChI is InChI=1S/C14H30N2O/c1-12(2)10-16(14-6-4-5-7-14)9-8-13(11-17)15-3/h12-15,17H,4-11H2,1-3H3. The van der Waals surface area contributed by atoms with Gasteiger partial charge in [-0.05, 0) is 32.2 Å². The molecule has 0 aromatic carbocycles. The van der Waals surface area contributed by atoms with Crippen molar-refractivity contribution in [1.82, 2.24) is 10.2 Å². The monoisotopic (exact) mass is 242 g/mol. The summed E-state index contributed by atoms with van der Waals surface area (Å²) < 4.78 is 0. The molecule has 0 bridgehead atoms. The Labute approximate surface area is 107 Å². The van der Waals surface area contributed by atoms with Crippen LogP contribution in [0.1, 0.15) is 46.0 Å². The predicted octanol–water partition coefficient (Wildman–Crippen LogP) is 1.86. The van der Waals surface area contributed by atoms with Gasteiger partial charge in [0.25, 0.3) is 0 Å². The average molecular weight is 242 g/mol. The first kappa shape index (κ1) is 14.9. The molecule has 0 aromatic rings. The lowest BCUT2D eigenvalue weighted by Gasteiger charge is -2.31. The van der Waals surface area contributed by atoms with Crippen molar-refractivity contribution < 1.29 is 5.11 Å². The lowest BCUT2D eigenvalue weighted by molar-refractivity contribution is 0.157. The summed E-state index contributed by atoms with van der Waals surface area (Å²) in [6.45, 7) is 7.16. The number of likely N-dealkylation sites (N-methyl/N-ethyl adjacent to an activating group) is 1. The van der Waals surface area contributed by atoms with Crippen molar-refractivity contribution in [3.05, 3.63) is 0 Å². The van der Waals surface area contributed by atoms with Gasteiger partial charge in [0.2, 0.25) is 0 Å². The van der Waals surface area contributed by atoms with Crippen LogP contribution in [0.3, 0.4) is 0 Å². The summed E-state index contributed by atoms with van der Waals surface area (Å²) in [4.78, 5) is 2.65. The Morgan fingerprint density at radius 3 is 2.41 bits per heavy atom. The molecule has 1 fully saturated rings. The molecule has 1 aliphatic rings. The number of nitrogens with one attached hydrogen (secondary N) is 1. The second kappa shape index (κ2) is 8.06. The van der Waals surface area contributed by atoms with E-state index >= 15 is 0 Å². The van der Waals surface area contributed by atoms with Gasteiger partial charge >= 0.3 is 0 Å². The maximum Gasteiger partial charge on any atom is 0.0585 e. The third kappa shape index (κ3) is 5.36. The summed E-state index contributed by atoms with van der Waals surface area (Å²) in [7, 11) is 1.93. The van der Waals surface area contributed by atoms with Crippen LogP contribution >= 0.6 is 0 Å². The fourth-order valence-electron chi connectivity index (χ4n) is 2.81. The fraction of sp³-hybridized carbons (Fsp3) is 1.00. The minimum Gasteiger partial charge on any atom is -0.395 e. The van der Waals surface area contributed by atoms with E-state index in [0.717, 1.165) is 24.9 Å². The van der Waals surface area contributed by atoms with Crippen LogP contribution < -0.4 is 5.32 Å². The Morgan fingerprint density at radius 2 is 1.94 bits per heavy atom. The van der Waals surface area contributed by atoms with Gasteiger partial charge < -0.3 is 15.3 Å². The zero-order valence-corrected chi connectivity index (χ0v) is 11.8. The Balaban J connectivity index is 2.39. The molecule has 1 aliphatic carbocycles. The Bertz CT molecular complexity index is 187. The van der Waals surface area contributed by atoms with E-state index in [9.17, 15) is 5.11 Å². The highest BCUT2D eigenvalue weighted by molar-refractivity contribution is 4.79. The third-order valence-electron chi connectivity index (χ3n) is 3.83. The van der Waals surface area contributed by atoms with E-state index in [1.165, 1.54) is 32.2 Å². The van der Waals surface area contributed by atoms with Gasteiger partial charge in [-0.15, -0.1) is 0 Å². The smallest absolute Gasteiger partial charge is 0.0585 e. The number of hydrogen-bond acceptors (Lipinski definition) is 3. The minimum atomic E-state index is 0.247. The summed E-state index contributed by atoms with van der Waals surface area (Å²) in [6.07, 6.45) is 6.59. The summed E-state index contributed by atoms with van der Waals surface area (Å²) in [5.41, 5.74) is 0. The molecule has 1 atom stereocenters. The lowest BCUT2D eigenvalue weighted by Crippen LogP contribution is -2.40. The molecule has 0 saturated heterocycles. The predicted molar refractivity (Wildman–Crippen MR) is 73.2 cm³/mol. The number of rotatable bonds is 8. The third-order valence-corrected chi connectivity index (χ3v) is 3.83. The van der Waals surface area contributed by atoms with Gasteiger partial charge in [-0.2, -0.15) is 0 Å². The Morgan fingerprint density at radius 1 is 1.29 bits per heavy atom. The molecule has 1 saturated carbocycles. The second-order valence-corrected chi connectivity index (χ2v) is 5.78. The maximum absolute atomic E-state index is 9.21. The van der Waals surface area contributed by atoms with E-state index in [1.54, 1.807) is 0 Å². The molecule has 1 rings (SSSR count). The van der Waals surface area contributed by atoms with Gasteiger partial charge in [-0.25, -0.2) is 0 Å². The van der Waals surface area contributed by atoms with E-state index in [1.807, 2.05) is 7.05 Å². The van der Waals surface area contributed by atoms with Crippen molar-refractivity contribution in [1.29, 1.82) is 0 Å². The van der Waals surface area contributed by atoms with Crippen LogP contribution in [0.15, 0.2) is 0 Å². The van der Waals surface area contributed by atoms with Crippen LogP contribution in [0.5, 0.6) is 0 Å². The molecule has 0 radical (unpaired) electrons. The zero-order valence-electron chi connectivity index (χ0n) is 11.8. The molecule has 102 valence electrons. The van der Waals surface area contributed by atoms with E-state index < -0.39 is 0 Å². The van der Waals surface area contributed by atoms with Crippen molar-refractivity contribution in [2.75, 3.05) is 26.7 Å². The molecule has 0 spiro atoms. The quantitative estimate of drug-likeness (QED) is 0.682. The SMILES string of the molecule is CNC(CO)CCN(CC(C)C)C1CCCC1. The van der Waals surface area contributed by atoms with E-state index in [2.05, 4.69) is 24.1 Å². The van der Waals surface area contributed by atoms with Gasteiger partial charge in [0.1, 0.15) is 0 Å². The molecule has 2 N–H and O–H groups in total. The first-order chi connectivity index (χ1) is 8.17. The lowest BCUT2D eigenvalue weighted by atomic mass is 10.1. The number of aliphatic hydroxyl groups excluding tert-OH is 1. The maximum atomic E-state index is 9.21. The largest absolute Gasteiger partial charge is 0.395 e. The topological polar surface area (TPSA) is 35.5 Å². The van der Waals surface area contributed by atoms with Crippen LogP contribution in [0.4, 0.5) is 0 Å². The van der Waals surface area contributed by atoms with E-state index in [0.29, 0.717) is 0 Å². The van der Waals surface area contributed by atoms with Gasteiger partial charge in [-0.3, -0.25) is 0 Å². The molecule has 3 heteroatoms. The van der Waals surface area contributed by atoms with Crippen LogP contribution in [0.2, 0.25) is 0 Å². The Hall–Kier alpha value is -0.120. The zero-order chi connectivity index (χ0) is 12.7. The van der Waals surface area contributed by atoms with Crippen molar-refractivity contribution >= 4 is 0 Å². The van der Waals surface area contributed by atoms with Crippen molar-refractivity contribution in [3.63, 3.8) is 0 Å². The minimum absolute atomic E-state index is 0.247. The highest BCUT2D eigenvalue weighted by Crippen LogP contribution is 2.24. The Kier molecular flexibility index (Phi) is 7.09. The summed E-state index contributed by atoms with van der Waals surface area (Å²) in [5, 5.41) is 12.4. The average Bonchev–Trinajstić information content (AvgIpc) is 2.81. The van der Waals surface area contributed by atoms with Crippen molar-refractivity contribution in [3.8, 4) is 0 Å². The van der Waals surface area contributed by atoms with Crippen LogP contribution in [-0.4, -0.2) is 48.8 Å². The van der Waals surface area contributed by atoms with Crippen molar-refractivity contribution in [2.45, 2.75) is 58.0 Å². The van der Waals surface area contributed by atoms with Crippen molar-refractivity contribution in [2.24, 2.45) is 5.92 Å². The molecular formula is C14H30N2O. The number of nitrogens with zero attached hydrogens (tertiary/aromatic N) is 1. The summed E-state index contributed by atoms with van der Waals surface area (Å²) in [6, 6.07) is 1.06.